The highest BCUT2D eigenvalue weighted by molar-refractivity contribution is 6.31. The number of rotatable bonds is 4. The van der Waals surface area contributed by atoms with Crippen LogP contribution in [0.4, 0.5) is 0 Å². The van der Waals surface area contributed by atoms with Crippen LogP contribution in [0.5, 0.6) is 0 Å². The fraction of sp³-hybridized carbons (Fsp3) is 0.333. The van der Waals surface area contributed by atoms with Crippen molar-refractivity contribution in [1.82, 2.24) is 5.32 Å². The largest absolute Gasteiger partial charge is 0.309 e. The average molecular weight is 288 g/mol. The summed E-state index contributed by atoms with van der Waals surface area (Å²) in [5.41, 5.74) is 4.93. The van der Waals surface area contributed by atoms with Gasteiger partial charge in [-0.25, -0.2) is 0 Å². The van der Waals surface area contributed by atoms with Crippen LogP contribution >= 0.6 is 11.6 Å². The lowest BCUT2D eigenvalue weighted by atomic mass is 9.95. The third-order valence-electron chi connectivity index (χ3n) is 3.75. The van der Waals surface area contributed by atoms with Gasteiger partial charge in [0.15, 0.2) is 0 Å². The third-order valence-corrected chi connectivity index (χ3v) is 4.16. The molecule has 20 heavy (non-hydrogen) atoms. The molecule has 0 spiro atoms. The van der Waals surface area contributed by atoms with E-state index < -0.39 is 0 Å². The molecule has 0 amide bonds. The summed E-state index contributed by atoms with van der Waals surface area (Å²) in [6, 6.07) is 15.3. The number of benzene rings is 2. The molecule has 1 atom stereocenters. The Labute approximate surface area is 127 Å². The molecule has 1 N–H and O–H groups in total. The van der Waals surface area contributed by atoms with E-state index in [9.17, 15) is 0 Å². The average Bonchev–Trinajstić information content (AvgIpc) is 2.44. The lowest BCUT2D eigenvalue weighted by Gasteiger charge is -2.19. The first-order chi connectivity index (χ1) is 9.52. The van der Waals surface area contributed by atoms with E-state index >= 15 is 0 Å². The van der Waals surface area contributed by atoms with E-state index in [1.54, 1.807) is 0 Å². The first kappa shape index (κ1) is 15.1. The van der Waals surface area contributed by atoms with Gasteiger partial charge in [-0.15, -0.1) is 0 Å². The zero-order chi connectivity index (χ0) is 14.7. The molecule has 0 fully saturated rings. The molecule has 0 heterocycles. The van der Waals surface area contributed by atoms with Crippen molar-refractivity contribution in [3.05, 3.63) is 69.7 Å². The maximum atomic E-state index is 6.24. The fourth-order valence-electron chi connectivity index (χ4n) is 2.39. The SMILES string of the molecule is CNC(c1ccc(C(C)C)cc1)c1ccc(C)c(Cl)c1. The fourth-order valence-corrected chi connectivity index (χ4v) is 2.58. The summed E-state index contributed by atoms with van der Waals surface area (Å²) in [5.74, 6) is 0.561. The summed E-state index contributed by atoms with van der Waals surface area (Å²) in [5, 5.41) is 4.19. The van der Waals surface area contributed by atoms with Gasteiger partial charge in [0.2, 0.25) is 0 Å². The number of hydrogen-bond acceptors (Lipinski definition) is 1. The van der Waals surface area contributed by atoms with E-state index in [1.165, 1.54) is 16.7 Å². The number of aryl methyl sites for hydroxylation is 1. The van der Waals surface area contributed by atoms with Crippen LogP contribution in [0.2, 0.25) is 5.02 Å². The summed E-state index contributed by atoms with van der Waals surface area (Å²) >= 11 is 6.24. The van der Waals surface area contributed by atoms with E-state index in [4.69, 9.17) is 11.6 Å². The van der Waals surface area contributed by atoms with Crippen LogP contribution < -0.4 is 5.32 Å². The molecule has 0 radical (unpaired) electrons. The molecule has 0 aromatic heterocycles. The Morgan fingerprint density at radius 3 is 1.95 bits per heavy atom. The molecule has 1 unspecified atom stereocenters. The molecule has 0 saturated heterocycles. The van der Waals surface area contributed by atoms with Crippen molar-refractivity contribution in [2.45, 2.75) is 32.7 Å². The monoisotopic (exact) mass is 287 g/mol. The van der Waals surface area contributed by atoms with Crippen molar-refractivity contribution < 1.29 is 0 Å². The quantitative estimate of drug-likeness (QED) is 0.827. The maximum Gasteiger partial charge on any atom is 0.0574 e. The Kier molecular flexibility index (Phi) is 4.85. The number of hydrogen-bond donors (Lipinski definition) is 1. The van der Waals surface area contributed by atoms with Crippen LogP contribution in [0.25, 0.3) is 0 Å². The molecule has 2 rings (SSSR count). The van der Waals surface area contributed by atoms with Crippen molar-refractivity contribution in [2.75, 3.05) is 7.05 Å². The smallest absolute Gasteiger partial charge is 0.0574 e. The second-order valence-electron chi connectivity index (χ2n) is 5.55. The standard InChI is InChI=1S/C18H22ClN/c1-12(2)14-7-9-15(10-8-14)18(20-4)16-6-5-13(3)17(19)11-16/h5-12,18,20H,1-4H3. The molecule has 106 valence electrons. The third kappa shape index (κ3) is 3.23. The van der Waals surface area contributed by atoms with E-state index in [2.05, 4.69) is 61.6 Å². The maximum absolute atomic E-state index is 6.24. The van der Waals surface area contributed by atoms with Crippen LogP contribution in [-0.4, -0.2) is 7.05 Å². The normalized spacial score (nSPS) is 12.7. The lowest BCUT2D eigenvalue weighted by Crippen LogP contribution is -2.17. The van der Waals surface area contributed by atoms with Gasteiger partial charge in [-0.3, -0.25) is 0 Å². The summed E-state index contributed by atoms with van der Waals surface area (Å²) in [6.07, 6.45) is 0. The van der Waals surface area contributed by atoms with Gasteiger partial charge in [0.25, 0.3) is 0 Å². The number of halogens is 1. The minimum absolute atomic E-state index is 0.175. The molecule has 2 aromatic rings. The van der Waals surface area contributed by atoms with Gasteiger partial charge in [-0.2, -0.15) is 0 Å². The van der Waals surface area contributed by atoms with Crippen LogP contribution in [0.15, 0.2) is 42.5 Å². The van der Waals surface area contributed by atoms with E-state index in [0.717, 1.165) is 10.6 Å². The molecule has 0 aliphatic heterocycles. The summed E-state index contributed by atoms with van der Waals surface area (Å²) in [4.78, 5) is 0. The highest BCUT2D eigenvalue weighted by Crippen LogP contribution is 2.27. The Balaban J connectivity index is 2.33. The van der Waals surface area contributed by atoms with Crippen molar-refractivity contribution >= 4 is 11.6 Å². The number of nitrogens with one attached hydrogen (secondary N) is 1. The zero-order valence-corrected chi connectivity index (χ0v) is 13.3. The van der Waals surface area contributed by atoms with Gasteiger partial charge in [-0.1, -0.05) is 61.8 Å². The molecule has 0 saturated carbocycles. The van der Waals surface area contributed by atoms with Gasteiger partial charge in [0.1, 0.15) is 0 Å². The van der Waals surface area contributed by atoms with E-state index in [1.807, 2.05) is 14.0 Å². The van der Waals surface area contributed by atoms with Crippen molar-refractivity contribution in [3.8, 4) is 0 Å². The highest BCUT2D eigenvalue weighted by atomic mass is 35.5. The van der Waals surface area contributed by atoms with Gasteiger partial charge < -0.3 is 5.32 Å². The van der Waals surface area contributed by atoms with Crippen molar-refractivity contribution in [3.63, 3.8) is 0 Å². The zero-order valence-electron chi connectivity index (χ0n) is 12.6. The second kappa shape index (κ2) is 6.43. The summed E-state index contributed by atoms with van der Waals surface area (Å²) in [6.45, 7) is 6.45. The molecule has 0 bridgehead atoms. The van der Waals surface area contributed by atoms with Crippen molar-refractivity contribution in [1.29, 1.82) is 0 Å². The van der Waals surface area contributed by atoms with Crippen molar-refractivity contribution in [2.24, 2.45) is 0 Å². The molecule has 0 aliphatic carbocycles. The van der Waals surface area contributed by atoms with E-state index in [0.29, 0.717) is 5.92 Å². The minimum atomic E-state index is 0.175. The second-order valence-corrected chi connectivity index (χ2v) is 5.96. The topological polar surface area (TPSA) is 12.0 Å². The Hall–Kier alpha value is -1.31. The molecule has 2 heteroatoms. The van der Waals surface area contributed by atoms with E-state index in [-0.39, 0.29) is 6.04 Å². The highest BCUT2D eigenvalue weighted by Gasteiger charge is 2.13. The Morgan fingerprint density at radius 2 is 1.45 bits per heavy atom. The molecular formula is C18H22ClN. The lowest BCUT2D eigenvalue weighted by molar-refractivity contribution is 0.690. The van der Waals surface area contributed by atoms with Crippen LogP contribution in [-0.2, 0) is 0 Å². The molecule has 1 nitrogen and oxygen atoms in total. The molecule has 0 aliphatic rings. The van der Waals surface area contributed by atoms with Crippen LogP contribution in [0.1, 0.15) is 48.1 Å². The predicted molar refractivity (Wildman–Crippen MR) is 87.6 cm³/mol. The summed E-state index contributed by atoms with van der Waals surface area (Å²) in [7, 11) is 1.98. The Morgan fingerprint density at radius 1 is 0.900 bits per heavy atom. The minimum Gasteiger partial charge on any atom is -0.309 e. The van der Waals surface area contributed by atoms with Gasteiger partial charge in [0.05, 0.1) is 6.04 Å². The Bertz CT molecular complexity index is 572. The van der Waals surface area contributed by atoms with Crippen LogP contribution in [0, 0.1) is 6.92 Å². The first-order valence-electron chi connectivity index (χ1n) is 7.06. The molecule has 2 aromatic carbocycles. The van der Waals surface area contributed by atoms with Gasteiger partial charge in [0, 0.05) is 5.02 Å². The first-order valence-corrected chi connectivity index (χ1v) is 7.44. The summed E-state index contributed by atoms with van der Waals surface area (Å²) < 4.78 is 0. The van der Waals surface area contributed by atoms with Crippen LogP contribution in [0.3, 0.4) is 0 Å². The molecular weight excluding hydrogens is 266 g/mol. The predicted octanol–water partition coefficient (Wildman–Crippen LogP) is 5.08. The van der Waals surface area contributed by atoms with Gasteiger partial charge >= 0.3 is 0 Å². The van der Waals surface area contributed by atoms with Gasteiger partial charge in [-0.05, 0) is 48.2 Å².